The van der Waals surface area contributed by atoms with Gasteiger partial charge < -0.3 is 52.3 Å². The molecular weight excluding hydrogens is 451 g/mol. The molecule has 1 unspecified atom stereocenters. The Kier molecular flexibility index (Phi) is 11.3. The lowest BCUT2D eigenvalue weighted by Gasteiger charge is -2.32. The van der Waals surface area contributed by atoms with Crippen molar-refractivity contribution in [2.45, 2.75) is 18.0 Å². The highest BCUT2D eigenvalue weighted by atomic mass is 35.5. The number of thioether (sulfide) groups is 1. The molecule has 0 saturated carbocycles. The van der Waals surface area contributed by atoms with Gasteiger partial charge in [-0.1, -0.05) is 42.1 Å². The van der Waals surface area contributed by atoms with E-state index in [0.717, 1.165) is 38.5 Å². The van der Waals surface area contributed by atoms with E-state index in [1.165, 1.54) is 11.1 Å². The van der Waals surface area contributed by atoms with Gasteiger partial charge in [0.15, 0.2) is 23.8 Å². The predicted octanol–water partition coefficient (Wildman–Crippen LogP) is -9.88. The average molecular weight is 478 g/mol. The van der Waals surface area contributed by atoms with Crippen molar-refractivity contribution in [1.29, 1.82) is 0 Å². The summed E-state index contributed by atoms with van der Waals surface area (Å²) in [5.41, 5.74) is 2.63. The first-order chi connectivity index (χ1) is 12.8. The molecule has 0 bridgehead atoms. The van der Waals surface area contributed by atoms with Crippen LogP contribution in [0.3, 0.4) is 0 Å². The lowest BCUT2D eigenvalue weighted by molar-refractivity contribution is -0.917. The summed E-state index contributed by atoms with van der Waals surface area (Å²) in [6, 6.07) is 14.9. The summed E-state index contributed by atoms with van der Waals surface area (Å²) < 4.78 is 0. The first-order valence-electron chi connectivity index (χ1n) is 9.38. The van der Waals surface area contributed by atoms with Crippen LogP contribution in [0.2, 0.25) is 0 Å². The topological polar surface area (TPSA) is 55.5 Å². The molecule has 2 aromatic rings. The summed E-state index contributed by atoms with van der Waals surface area (Å²) in [7, 11) is 0. The number of nitrogens with one attached hydrogen (secondary N) is 2. The normalized spacial score (nSPS) is 21.4. The van der Waals surface area contributed by atoms with Crippen LogP contribution in [0, 0.1) is 0 Å². The van der Waals surface area contributed by atoms with Gasteiger partial charge in [-0.15, -0.1) is 0 Å². The van der Waals surface area contributed by atoms with E-state index < -0.39 is 0 Å². The number of amides is 1. The van der Waals surface area contributed by atoms with Crippen LogP contribution in [0.5, 0.6) is 0 Å². The number of nitrogens with zero attached hydrogens (tertiary/aromatic N) is 1. The van der Waals surface area contributed by atoms with Gasteiger partial charge in [0, 0.05) is 11.6 Å². The Morgan fingerprint density at radius 1 is 1.10 bits per heavy atom. The van der Waals surface area contributed by atoms with Crippen molar-refractivity contribution < 1.29 is 57.2 Å². The first kappa shape index (κ1) is 26.0. The number of carbonyl (C=O) groups is 1. The monoisotopic (exact) mass is 476 g/mol. The maximum atomic E-state index is 12.9. The Morgan fingerprint density at radius 3 is 2.48 bits per heavy atom. The van der Waals surface area contributed by atoms with E-state index >= 15 is 0 Å². The van der Waals surface area contributed by atoms with Crippen molar-refractivity contribution >= 4 is 17.7 Å². The molecule has 4 N–H and O–H groups in total. The third kappa shape index (κ3) is 6.74. The molecule has 160 valence electrons. The van der Waals surface area contributed by atoms with E-state index in [1.807, 2.05) is 30.2 Å². The zero-order chi connectivity index (χ0) is 17.8. The third-order valence-electron chi connectivity index (χ3n) is 5.32. The standard InChI is InChI=1S/C20H24N4OS.3ClH/c25-20(18-15-26-19(22-18)17-7-4-8-21-13-17)24-11-9-23(10-12-24)14-16-5-2-1-3-6-16;;;/h1-8,13,18-19,22H,9-12,14-15H2;3*1H/t18-,19?;;;/m0.../s1. The van der Waals surface area contributed by atoms with Crippen LogP contribution in [0.4, 0.5) is 0 Å². The number of H-pyrrole nitrogens is 1. The smallest absolute Gasteiger partial charge is 0.282 e. The van der Waals surface area contributed by atoms with Crippen molar-refractivity contribution in [1.82, 2.24) is 4.90 Å². The molecule has 3 heterocycles. The average Bonchev–Trinajstić information content (AvgIpc) is 3.20. The van der Waals surface area contributed by atoms with Crippen LogP contribution in [0.15, 0.2) is 54.9 Å². The highest BCUT2D eigenvalue weighted by Crippen LogP contribution is 2.26. The van der Waals surface area contributed by atoms with Gasteiger partial charge >= 0.3 is 0 Å². The van der Waals surface area contributed by atoms with Gasteiger partial charge in [-0.3, -0.25) is 4.79 Å². The van der Waals surface area contributed by atoms with E-state index in [-0.39, 0.29) is 43.3 Å². The Morgan fingerprint density at radius 2 is 1.83 bits per heavy atom. The molecule has 9 heteroatoms. The van der Waals surface area contributed by atoms with E-state index in [2.05, 4.69) is 51.6 Å². The number of pyridine rings is 1. The number of halogens is 3. The van der Waals surface area contributed by atoms with Crippen LogP contribution < -0.4 is 52.4 Å². The summed E-state index contributed by atoms with van der Waals surface area (Å²) in [6.45, 7) is 4.88. The zero-order valence-electron chi connectivity index (χ0n) is 16.1. The summed E-state index contributed by atoms with van der Waals surface area (Å²) in [5.74, 6) is 1.22. The van der Waals surface area contributed by atoms with E-state index in [9.17, 15) is 4.79 Å². The van der Waals surface area contributed by atoms with Crippen LogP contribution in [0.1, 0.15) is 16.5 Å². The zero-order valence-corrected chi connectivity index (χ0v) is 19.2. The van der Waals surface area contributed by atoms with Gasteiger partial charge in [0.05, 0.1) is 37.5 Å². The van der Waals surface area contributed by atoms with E-state index in [4.69, 9.17) is 0 Å². The summed E-state index contributed by atoms with van der Waals surface area (Å²) >= 11 is 1.87. The molecule has 0 aliphatic carbocycles. The number of hydrogen-bond acceptors (Lipinski definition) is 2. The quantitative estimate of drug-likeness (QED) is 0.460. The highest BCUT2D eigenvalue weighted by molar-refractivity contribution is 7.99. The highest BCUT2D eigenvalue weighted by Gasteiger charge is 2.39. The third-order valence-corrected chi connectivity index (χ3v) is 6.66. The Hall–Kier alpha value is -1.02. The van der Waals surface area contributed by atoms with Crippen molar-refractivity contribution in [3.05, 3.63) is 66.0 Å². The molecule has 1 aromatic carbocycles. The number of aromatic nitrogens is 1. The van der Waals surface area contributed by atoms with Gasteiger partial charge in [-0.25, -0.2) is 4.98 Å². The van der Waals surface area contributed by atoms with Gasteiger partial charge in [-0.05, 0) is 6.07 Å². The van der Waals surface area contributed by atoms with Crippen LogP contribution in [-0.2, 0) is 11.3 Å². The molecule has 5 nitrogen and oxygen atoms in total. The molecule has 1 amide bonds. The largest absolute Gasteiger partial charge is 1.00 e. The van der Waals surface area contributed by atoms with Crippen molar-refractivity contribution in [3.63, 3.8) is 0 Å². The summed E-state index contributed by atoms with van der Waals surface area (Å²) in [5, 5.41) is 2.56. The Bertz CT molecular complexity index is 733. The summed E-state index contributed by atoms with van der Waals surface area (Å²) in [6.07, 6.45) is 3.95. The minimum absolute atomic E-state index is 0. The fourth-order valence-electron chi connectivity index (χ4n) is 3.81. The maximum Gasteiger partial charge on any atom is 0.282 e. The predicted molar refractivity (Wildman–Crippen MR) is 101 cm³/mol. The van der Waals surface area contributed by atoms with Crippen molar-refractivity contribution in [3.8, 4) is 0 Å². The van der Waals surface area contributed by atoms with Gasteiger partial charge in [-0.2, -0.15) is 0 Å². The number of rotatable bonds is 4. The molecule has 0 spiro atoms. The molecule has 2 aliphatic rings. The second-order valence-electron chi connectivity index (χ2n) is 7.13. The number of nitrogens with two attached hydrogens (primary N) is 1. The number of hydrogen-bond donors (Lipinski definition) is 2. The molecule has 4 rings (SSSR count). The second-order valence-corrected chi connectivity index (χ2v) is 8.30. The molecule has 1 aromatic heterocycles. The fourth-order valence-corrected chi connectivity index (χ4v) is 5.12. The molecule has 0 radical (unpaired) electrons. The Labute approximate surface area is 195 Å². The molecule has 2 saturated heterocycles. The minimum atomic E-state index is 0. The number of benzene rings is 1. The number of quaternary nitrogens is 2. The van der Waals surface area contributed by atoms with Crippen LogP contribution >= 0.6 is 11.8 Å². The number of carbonyl (C=O) groups excluding carboxylic acids is 1. The van der Waals surface area contributed by atoms with Gasteiger partial charge in [0.2, 0.25) is 0 Å². The Balaban J connectivity index is 0.00000140. The molecule has 2 aliphatic heterocycles. The second kappa shape index (κ2) is 12.6. The molecule has 29 heavy (non-hydrogen) atoms. The minimum Gasteiger partial charge on any atom is -1.00 e. The van der Waals surface area contributed by atoms with Crippen LogP contribution in [0.25, 0.3) is 0 Å². The number of aromatic amines is 1. The summed E-state index contributed by atoms with van der Waals surface area (Å²) in [4.78, 5) is 19.7. The van der Waals surface area contributed by atoms with Gasteiger partial charge in [0.25, 0.3) is 5.91 Å². The first-order valence-corrected chi connectivity index (χ1v) is 10.4. The molecule has 2 atom stereocenters. The van der Waals surface area contributed by atoms with Crippen LogP contribution in [-0.4, -0.2) is 48.8 Å². The van der Waals surface area contributed by atoms with E-state index in [1.54, 1.807) is 4.90 Å². The van der Waals surface area contributed by atoms with Crippen molar-refractivity contribution in [2.24, 2.45) is 0 Å². The lowest BCUT2D eigenvalue weighted by atomic mass is 10.2. The molecular formula is C20H27Cl3N4OS. The lowest BCUT2D eigenvalue weighted by Crippen LogP contribution is -3.13. The fraction of sp³-hybridized carbons (Fsp3) is 0.400. The number of piperazine rings is 1. The SMILES string of the molecule is O=C([C@@H]1CSC(c2ccc[nH+]c2)[NH2+]1)N1CC[NH+](Cc2ccccc2)CC1.[Cl-].[Cl-].[Cl-]. The van der Waals surface area contributed by atoms with E-state index in [0.29, 0.717) is 11.3 Å². The maximum absolute atomic E-state index is 12.9. The van der Waals surface area contributed by atoms with Crippen molar-refractivity contribution in [2.75, 3.05) is 31.9 Å². The molecule has 2 fully saturated rings. The van der Waals surface area contributed by atoms with Gasteiger partial charge in [0.1, 0.15) is 6.54 Å².